The molecule has 0 unspecified atom stereocenters. The van der Waals surface area contributed by atoms with Gasteiger partial charge in [0.2, 0.25) is 0 Å². The SMILES string of the molecule is O=C(N/N=C\c1c(F)cccc1Cl)c1ccc(N2CCCC2)cc1. The molecular weight excluding hydrogens is 329 g/mol. The molecule has 1 aliphatic rings. The molecule has 6 heteroatoms. The van der Waals surface area contributed by atoms with Crippen LogP contribution in [0.1, 0.15) is 28.8 Å². The van der Waals surface area contributed by atoms with Gasteiger partial charge in [-0.15, -0.1) is 0 Å². The standard InChI is InChI=1S/C18H17ClFN3O/c19-16-4-3-5-17(20)15(16)12-21-22-18(24)13-6-8-14(9-7-13)23-10-1-2-11-23/h3-9,12H,1-2,10-11H2,(H,22,24)/b21-12-. The summed E-state index contributed by atoms with van der Waals surface area (Å²) in [6.45, 7) is 2.11. The van der Waals surface area contributed by atoms with Gasteiger partial charge in [0.15, 0.2) is 0 Å². The highest BCUT2D eigenvalue weighted by Crippen LogP contribution is 2.20. The van der Waals surface area contributed by atoms with E-state index in [1.807, 2.05) is 12.1 Å². The number of anilines is 1. The van der Waals surface area contributed by atoms with Gasteiger partial charge in [-0.1, -0.05) is 17.7 Å². The number of carbonyl (C=O) groups is 1. The fraction of sp³-hybridized carbons (Fsp3) is 0.222. The molecule has 2 aromatic rings. The lowest BCUT2D eigenvalue weighted by molar-refractivity contribution is 0.0955. The second-order valence-electron chi connectivity index (χ2n) is 5.58. The van der Waals surface area contributed by atoms with E-state index in [-0.39, 0.29) is 16.5 Å². The summed E-state index contributed by atoms with van der Waals surface area (Å²) in [6, 6.07) is 11.7. The van der Waals surface area contributed by atoms with E-state index in [0.29, 0.717) is 5.56 Å². The van der Waals surface area contributed by atoms with Crippen LogP contribution in [-0.4, -0.2) is 25.2 Å². The quantitative estimate of drug-likeness (QED) is 0.676. The summed E-state index contributed by atoms with van der Waals surface area (Å²) in [6.07, 6.45) is 3.61. The third kappa shape index (κ3) is 3.74. The Kier molecular flexibility index (Phi) is 5.11. The van der Waals surface area contributed by atoms with E-state index in [9.17, 15) is 9.18 Å². The Morgan fingerprint density at radius 3 is 2.54 bits per heavy atom. The molecule has 1 saturated heterocycles. The molecule has 24 heavy (non-hydrogen) atoms. The lowest BCUT2D eigenvalue weighted by Crippen LogP contribution is -2.19. The maximum atomic E-state index is 13.6. The molecule has 1 heterocycles. The molecule has 0 aliphatic carbocycles. The highest BCUT2D eigenvalue weighted by Gasteiger charge is 2.13. The van der Waals surface area contributed by atoms with Crippen LogP contribution in [0, 0.1) is 5.82 Å². The van der Waals surface area contributed by atoms with Gasteiger partial charge in [-0.2, -0.15) is 5.10 Å². The van der Waals surface area contributed by atoms with Gasteiger partial charge in [0.1, 0.15) is 5.82 Å². The van der Waals surface area contributed by atoms with Crippen molar-refractivity contribution < 1.29 is 9.18 Å². The second-order valence-corrected chi connectivity index (χ2v) is 5.98. The molecule has 124 valence electrons. The molecular formula is C18H17ClFN3O. The van der Waals surface area contributed by atoms with Gasteiger partial charge in [0.25, 0.3) is 5.91 Å². The zero-order valence-electron chi connectivity index (χ0n) is 13.0. The molecule has 0 radical (unpaired) electrons. The normalized spacial score (nSPS) is 14.3. The largest absolute Gasteiger partial charge is 0.372 e. The van der Waals surface area contributed by atoms with Gasteiger partial charge in [-0.05, 0) is 49.2 Å². The number of rotatable bonds is 4. The molecule has 4 nitrogen and oxygen atoms in total. The van der Waals surface area contributed by atoms with Gasteiger partial charge in [-0.25, -0.2) is 9.82 Å². The van der Waals surface area contributed by atoms with E-state index in [1.54, 1.807) is 18.2 Å². The summed E-state index contributed by atoms with van der Waals surface area (Å²) in [5.41, 5.74) is 4.14. The lowest BCUT2D eigenvalue weighted by atomic mass is 10.2. The lowest BCUT2D eigenvalue weighted by Gasteiger charge is -2.17. The van der Waals surface area contributed by atoms with E-state index in [2.05, 4.69) is 15.4 Å². The van der Waals surface area contributed by atoms with Gasteiger partial charge in [0, 0.05) is 29.9 Å². The summed E-state index contributed by atoms with van der Waals surface area (Å²) in [5, 5.41) is 4.02. The van der Waals surface area contributed by atoms with Crippen LogP contribution in [0.2, 0.25) is 5.02 Å². The minimum Gasteiger partial charge on any atom is -0.372 e. The van der Waals surface area contributed by atoms with Crippen LogP contribution in [0.4, 0.5) is 10.1 Å². The number of hydrogen-bond donors (Lipinski definition) is 1. The molecule has 0 aromatic heterocycles. The minimum atomic E-state index is -0.490. The summed E-state index contributed by atoms with van der Waals surface area (Å²) in [5.74, 6) is -0.845. The second kappa shape index (κ2) is 7.45. The number of carbonyl (C=O) groups excluding carboxylic acids is 1. The van der Waals surface area contributed by atoms with Crippen molar-refractivity contribution in [1.82, 2.24) is 5.43 Å². The minimum absolute atomic E-state index is 0.142. The first-order chi connectivity index (χ1) is 11.6. The van der Waals surface area contributed by atoms with Crippen LogP contribution in [-0.2, 0) is 0 Å². The van der Waals surface area contributed by atoms with E-state index in [1.165, 1.54) is 31.2 Å². The first-order valence-corrected chi connectivity index (χ1v) is 8.15. The number of halogens is 2. The Balaban J connectivity index is 1.63. The zero-order chi connectivity index (χ0) is 16.9. The van der Waals surface area contributed by atoms with Crippen LogP contribution >= 0.6 is 11.6 Å². The first kappa shape index (κ1) is 16.5. The predicted octanol–water partition coefficient (Wildman–Crippen LogP) is 3.84. The van der Waals surface area contributed by atoms with E-state index >= 15 is 0 Å². The average molecular weight is 346 g/mol. The molecule has 0 spiro atoms. The summed E-state index contributed by atoms with van der Waals surface area (Å²) >= 11 is 5.89. The fourth-order valence-corrected chi connectivity index (χ4v) is 2.86. The van der Waals surface area contributed by atoms with Crippen molar-refractivity contribution in [3.63, 3.8) is 0 Å². The van der Waals surface area contributed by atoms with Gasteiger partial charge >= 0.3 is 0 Å². The van der Waals surface area contributed by atoms with Crippen molar-refractivity contribution >= 4 is 29.4 Å². The van der Waals surface area contributed by atoms with Crippen molar-refractivity contribution in [2.75, 3.05) is 18.0 Å². The summed E-state index contributed by atoms with van der Waals surface area (Å²) in [7, 11) is 0. The van der Waals surface area contributed by atoms with Crippen molar-refractivity contribution in [3.8, 4) is 0 Å². The van der Waals surface area contributed by atoms with Crippen molar-refractivity contribution in [1.29, 1.82) is 0 Å². The summed E-state index contributed by atoms with van der Waals surface area (Å²) < 4.78 is 13.6. The molecule has 0 atom stereocenters. The molecule has 1 N–H and O–H groups in total. The Hall–Kier alpha value is -2.40. The van der Waals surface area contributed by atoms with E-state index in [4.69, 9.17) is 11.6 Å². The van der Waals surface area contributed by atoms with Crippen LogP contribution in [0.25, 0.3) is 0 Å². The molecule has 1 aliphatic heterocycles. The smallest absolute Gasteiger partial charge is 0.271 e. The predicted molar refractivity (Wildman–Crippen MR) is 94.4 cm³/mol. The Bertz CT molecular complexity index is 735. The fourth-order valence-electron chi connectivity index (χ4n) is 2.65. The average Bonchev–Trinajstić information content (AvgIpc) is 3.12. The maximum Gasteiger partial charge on any atom is 0.271 e. The number of hydrogen-bond acceptors (Lipinski definition) is 3. The number of amides is 1. The number of nitrogens with zero attached hydrogens (tertiary/aromatic N) is 2. The monoisotopic (exact) mass is 345 g/mol. The van der Waals surface area contributed by atoms with E-state index < -0.39 is 5.82 Å². The van der Waals surface area contributed by atoms with Crippen LogP contribution in [0.3, 0.4) is 0 Å². The molecule has 2 aromatic carbocycles. The van der Waals surface area contributed by atoms with Crippen LogP contribution in [0.5, 0.6) is 0 Å². The van der Waals surface area contributed by atoms with Crippen molar-refractivity contribution in [2.24, 2.45) is 5.10 Å². The molecule has 1 fully saturated rings. The van der Waals surface area contributed by atoms with Crippen LogP contribution < -0.4 is 10.3 Å². The summed E-state index contributed by atoms with van der Waals surface area (Å²) in [4.78, 5) is 14.4. The first-order valence-electron chi connectivity index (χ1n) is 7.77. The number of benzene rings is 2. The Morgan fingerprint density at radius 2 is 1.88 bits per heavy atom. The third-order valence-corrected chi connectivity index (χ3v) is 4.29. The zero-order valence-corrected chi connectivity index (χ0v) is 13.8. The molecule has 0 saturated carbocycles. The molecule has 0 bridgehead atoms. The van der Waals surface area contributed by atoms with Gasteiger partial charge in [0.05, 0.1) is 11.2 Å². The highest BCUT2D eigenvalue weighted by molar-refractivity contribution is 6.33. The Labute approximate surface area is 144 Å². The Morgan fingerprint density at radius 1 is 1.17 bits per heavy atom. The van der Waals surface area contributed by atoms with E-state index in [0.717, 1.165) is 18.8 Å². The third-order valence-electron chi connectivity index (χ3n) is 3.96. The molecule has 3 rings (SSSR count). The topological polar surface area (TPSA) is 44.7 Å². The van der Waals surface area contributed by atoms with Gasteiger partial charge in [-0.3, -0.25) is 4.79 Å². The highest BCUT2D eigenvalue weighted by atomic mass is 35.5. The van der Waals surface area contributed by atoms with Crippen LogP contribution in [0.15, 0.2) is 47.6 Å². The molecule has 1 amide bonds. The maximum absolute atomic E-state index is 13.6. The van der Waals surface area contributed by atoms with Crippen molar-refractivity contribution in [3.05, 3.63) is 64.4 Å². The van der Waals surface area contributed by atoms with Crippen molar-refractivity contribution in [2.45, 2.75) is 12.8 Å². The van der Waals surface area contributed by atoms with Gasteiger partial charge < -0.3 is 4.90 Å². The number of hydrazone groups is 1. The number of nitrogens with one attached hydrogen (secondary N) is 1.